The van der Waals surface area contributed by atoms with Gasteiger partial charge in [0, 0.05) is 18.6 Å². The zero-order chi connectivity index (χ0) is 27.1. The summed E-state index contributed by atoms with van der Waals surface area (Å²) in [5.41, 5.74) is 12.1. The molecule has 12 nitrogen and oxygen atoms in total. The van der Waals surface area contributed by atoms with Gasteiger partial charge in [0.25, 0.3) is 0 Å². The molecule has 0 aliphatic rings. The van der Waals surface area contributed by atoms with E-state index in [0.29, 0.717) is 25.8 Å². The highest BCUT2D eigenvalue weighted by atomic mass is 32.1. The number of rotatable bonds is 17. The minimum atomic E-state index is -1.36. The van der Waals surface area contributed by atoms with Gasteiger partial charge in [-0.05, 0) is 31.4 Å². The average Bonchev–Trinajstić information content (AvgIpc) is 2.84. The van der Waals surface area contributed by atoms with Crippen LogP contribution >= 0.6 is 12.6 Å². The summed E-state index contributed by atoms with van der Waals surface area (Å²) in [6, 6.07) is 4.13. The van der Waals surface area contributed by atoms with Crippen molar-refractivity contribution in [1.29, 1.82) is 0 Å². The van der Waals surface area contributed by atoms with Crippen molar-refractivity contribution in [3.8, 4) is 0 Å². The first-order valence-electron chi connectivity index (χ1n) is 11.5. The highest BCUT2D eigenvalue weighted by molar-refractivity contribution is 7.80. The number of nitrogens with two attached hydrogens (primary N) is 2. The van der Waals surface area contributed by atoms with E-state index < -0.39 is 60.2 Å². The van der Waals surface area contributed by atoms with E-state index in [9.17, 15) is 29.1 Å². The van der Waals surface area contributed by atoms with Crippen LogP contribution in [0.1, 0.15) is 37.7 Å². The SMILES string of the molecule is NCCCCC(N)C(=O)NC(Cc1ccccc1)C(=O)NC(CCC(=O)O)C(=O)NC(CS)C(=O)O. The van der Waals surface area contributed by atoms with Gasteiger partial charge in [-0.15, -0.1) is 0 Å². The summed E-state index contributed by atoms with van der Waals surface area (Å²) in [4.78, 5) is 60.8. The van der Waals surface area contributed by atoms with Gasteiger partial charge in [-0.2, -0.15) is 12.6 Å². The van der Waals surface area contributed by atoms with Crippen LogP contribution in [0.4, 0.5) is 0 Å². The van der Waals surface area contributed by atoms with Gasteiger partial charge in [0.1, 0.15) is 18.1 Å². The van der Waals surface area contributed by atoms with E-state index in [0.717, 1.165) is 5.56 Å². The van der Waals surface area contributed by atoms with E-state index >= 15 is 0 Å². The largest absolute Gasteiger partial charge is 0.481 e. The van der Waals surface area contributed by atoms with Gasteiger partial charge in [0.05, 0.1) is 6.04 Å². The molecular formula is C23H35N5O7S. The zero-order valence-electron chi connectivity index (χ0n) is 19.9. The topological polar surface area (TPSA) is 214 Å². The molecule has 0 aliphatic carbocycles. The Hall–Kier alpha value is -3.16. The predicted molar refractivity (Wildman–Crippen MR) is 135 cm³/mol. The molecule has 1 rings (SSSR count). The molecule has 36 heavy (non-hydrogen) atoms. The summed E-state index contributed by atoms with van der Waals surface area (Å²) < 4.78 is 0. The summed E-state index contributed by atoms with van der Waals surface area (Å²) in [7, 11) is 0. The summed E-state index contributed by atoms with van der Waals surface area (Å²) >= 11 is 3.88. The standard InChI is InChI=1S/C23H35N5O7S/c24-11-5-4-8-15(25)20(31)27-17(12-14-6-2-1-3-7-14)22(33)26-16(9-10-19(29)30)21(32)28-18(13-36)23(34)35/h1-3,6-7,15-18,36H,4-5,8-13,24-25H2,(H,26,33)(H,27,31)(H,28,32)(H,29,30)(H,34,35). The van der Waals surface area contributed by atoms with Crippen molar-refractivity contribution in [2.24, 2.45) is 11.5 Å². The summed E-state index contributed by atoms with van der Waals surface area (Å²) in [5, 5.41) is 25.5. The Morgan fingerprint density at radius 3 is 1.97 bits per heavy atom. The van der Waals surface area contributed by atoms with Crippen molar-refractivity contribution < 1.29 is 34.2 Å². The van der Waals surface area contributed by atoms with Crippen LogP contribution in [-0.4, -0.2) is 76.3 Å². The molecule has 0 bridgehead atoms. The molecule has 13 heteroatoms. The Morgan fingerprint density at radius 2 is 1.42 bits per heavy atom. The second-order valence-electron chi connectivity index (χ2n) is 8.22. The van der Waals surface area contributed by atoms with E-state index in [2.05, 4.69) is 28.6 Å². The van der Waals surface area contributed by atoms with E-state index in [1.54, 1.807) is 30.3 Å². The van der Waals surface area contributed by atoms with Gasteiger partial charge in [0.2, 0.25) is 17.7 Å². The Balaban J connectivity index is 3.06. The first-order valence-corrected chi connectivity index (χ1v) is 12.2. The van der Waals surface area contributed by atoms with Crippen LogP contribution in [-0.2, 0) is 30.4 Å². The maximum absolute atomic E-state index is 13.2. The van der Waals surface area contributed by atoms with E-state index in [-0.39, 0.29) is 18.6 Å². The number of carbonyl (C=O) groups excluding carboxylic acids is 3. The number of aliphatic carboxylic acids is 2. The minimum Gasteiger partial charge on any atom is -0.481 e. The first kappa shape index (κ1) is 30.9. The number of benzene rings is 1. The fourth-order valence-electron chi connectivity index (χ4n) is 3.24. The molecule has 0 aliphatic heterocycles. The predicted octanol–water partition coefficient (Wildman–Crippen LogP) is -0.981. The molecule has 3 amide bonds. The van der Waals surface area contributed by atoms with Crippen molar-refractivity contribution in [1.82, 2.24) is 16.0 Å². The molecule has 0 saturated heterocycles. The monoisotopic (exact) mass is 525 g/mol. The molecule has 0 fully saturated rings. The van der Waals surface area contributed by atoms with Gasteiger partial charge < -0.3 is 37.6 Å². The summed E-state index contributed by atoms with van der Waals surface area (Å²) in [5.74, 6) is -4.94. The summed E-state index contributed by atoms with van der Waals surface area (Å²) in [6.45, 7) is 0.461. The van der Waals surface area contributed by atoms with Crippen molar-refractivity contribution >= 4 is 42.3 Å². The number of nitrogens with one attached hydrogen (secondary N) is 3. The van der Waals surface area contributed by atoms with Crippen LogP contribution in [0, 0.1) is 0 Å². The molecular weight excluding hydrogens is 490 g/mol. The molecule has 0 saturated carbocycles. The highest BCUT2D eigenvalue weighted by Crippen LogP contribution is 2.07. The van der Waals surface area contributed by atoms with Crippen LogP contribution in [0.2, 0.25) is 0 Å². The molecule has 200 valence electrons. The van der Waals surface area contributed by atoms with Crippen molar-refractivity contribution in [3.05, 3.63) is 35.9 Å². The zero-order valence-corrected chi connectivity index (χ0v) is 20.8. The third kappa shape index (κ3) is 11.5. The fraction of sp³-hybridized carbons (Fsp3) is 0.522. The lowest BCUT2D eigenvalue weighted by Crippen LogP contribution is -2.57. The third-order valence-corrected chi connectivity index (χ3v) is 5.66. The lowest BCUT2D eigenvalue weighted by atomic mass is 10.0. The van der Waals surface area contributed by atoms with Crippen LogP contribution < -0.4 is 27.4 Å². The van der Waals surface area contributed by atoms with Gasteiger partial charge in [-0.3, -0.25) is 19.2 Å². The van der Waals surface area contributed by atoms with Crippen molar-refractivity contribution in [2.75, 3.05) is 12.3 Å². The van der Waals surface area contributed by atoms with Gasteiger partial charge in [-0.1, -0.05) is 36.8 Å². The number of unbranched alkanes of at least 4 members (excludes halogenated alkanes) is 1. The highest BCUT2D eigenvalue weighted by Gasteiger charge is 2.30. The van der Waals surface area contributed by atoms with Gasteiger partial charge in [0.15, 0.2) is 0 Å². The smallest absolute Gasteiger partial charge is 0.327 e. The maximum atomic E-state index is 13.2. The summed E-state index contributed by atoms with van der Waals surface area (Å²) in [6.07, 6.45) is 1.02. The molecule has 1 aromatic rings. The molecule has 0 heterocycles. The molecule has 0 radical (unpaired) electrons. The Kier molecular flexibility index (Phi) is 14.1. The molecule has 0 spiro atoms. The van der Waals surface area contributed by atoms with E-state index in [1.165, 1.54) is 0 Å². The lowest BCUT2D eigenvalue weighted by Gasteiger charge is -2.25. The molecule has 4 atom stereocenters. The van der Waals surface area contributed by atoms with Crippen LogP contribution in [0.3, 0.4) is 0 Å². The normalized spacial score (nSPS) is 14.1. The Morgan fingerprint density at radius 1 is 0.833 bits per heavy atom. The van der Waals surface area contributed by atoms with E-state index in [4.69, 9.17) is 16.6 Å². The molecule has 1 aromatic carbocycles. The number of hydrogen-bond donors (Lipinski definition) is 8. The van der Waals surface area contributed by atoms with Crippen molar-refractivity contribution in [3.63, 3.8) is 0 Å². The number of carboxylic acid groups (broad SMARTS) is 2. The lowest BCUT2D eigenvalue weighted by molar-refractivity contribution is -0.142. The second-order valence-corrected chi connectivity index (χ2v) is 8.58. The minimum absolute atomic E-state index is 0.0790. The average molecular weight is 526 g/mol. The second kappa shape index (κ2) is 16.5. The van der Waals surface area contributed by atoms with Crippen LogP contribution in [0.15, 0.2) is 30.3 Å². The number of thiol groups is 1. The first-order chi connectivity index (χ1) is 17.1. The number of carbonyl (C=O) groups is 5. The van der Waals surface area contributed by atoms with Gasteiger partial charge in [-0.25, -0.2) is 4.79 Å². The van der Waals surface area contributed by atoms with Crippen molar-refractivity contribution in [2.45, 2.75) is 62.7 Å². The quantitative estimate of drug-likeness (QED) is 0.0925. The number of carboxylic acids is 2. The van der Waals surface area contributed by atoms with Crippen LogP contribution in [0.25, 0.3) is 0 Å². The fourth-order valence-corrected chi connectivity index (χ4v) is 3.49. The molecule has 0 aromatic heterocycles. The maximum Gasteiger partial charge on any atom is 0.327 e. The van der Waals surface area contributed by atoms with Gasteiger partial charge >= 0.3 is 11.9 Å². The Bertz CT molecular complexity index is 887. The Labute approximate surface area is 215 Å². The molecule has 9 N–H and O–H groups in total. The number of amides is 3. The third-order valence-electron chi connectivity index (χ3n) is 5.30. The number of hydrogen-bond acceptors (Lipinski definition) is 8. The van der Waals surface area contributed by atoms with Crippen LogP contribution in [0.5, 0.6) is 0 Å². The van der Waals surface area contributed by atoms with E-state index in [1.807, 2.05) is 0 Å². The molecule has 4 unspecified atom stereocenters.